The third-order valence-electron chi connectivity index (χ3n) is 3.84. The van der Waals surface area contributed by atoms with E-state index in [1.165, 1.54) is 0 Å². The first kappa shape index (κ1) is 15.4. The number of para-hydroxylation sites is 1. The van der Waals surface area contributed by atoms with E-state index < -0.39 is 0 Å². The molecule has 1 aromatic rings. The number of methoxy groups -OCH3 is 1. The number of carbonyl (C=O) groups excluding carboxylic acids is 2. The normalized spacial score (nSPS) is 15.6. The number of likely N-dealkylation sites (tertiary alicyclic amines) is 1. The highest BCUT2D eigenvalue weighted by atomic mass is 16.5. The minimum absolute atomic E-state index is 0.0656. The molecule has 21 heavy (non-hydrogen) atoms. The van der Waals surface area contributed by atoms with Gasteiger partial charge in [0, 0.05) is 25.6 Å². The molecule has 5 nitrogen and oxygen atoms in total. The van der Waals surface area contributed by atoms with Gasteiger partial charge in [-0.1, -0.05) is 18.2 Å². The molecule has 114 valence electrons. The maximum absolute atomic E-state index is 12.1. The maximum atomic E-state index is 12.1. The van der Waals surface area contributed by atoms with Crippen LogP contribution in [0.25, 0.3) is 0 Å². The molecular formula is C16H21NO4. The van der Waals surface area contributed by atoms with Gasteiger partial charge in [-0.25, -0.2) is 0 Å². The zero-order chi connectivity index (χ0) is 15.2. The zero-order valence-corrected chi connectivity index (χ0v) is 12.5. The minimum Gasteiger partial charge on any atom is -0.496 e. The van der Waals surface area contributed by atoms with E-state index in [-0.39, 0.29) is 24.4 Å². The van der Waals surface area contributed by atoms with Crippen LogP contribution in [0.1, 0.15) is 25.3 Å². The highest BCUT2D eigenvalue weighted by Gasteiger charge is 2.27. The number of hydrogen-bond acceptors (Lipinski definition) is 4. The topological polar surface area (TPSA) is 55.8 Å². The zero-order valence-electron chi connectivity index (χ0n) is 12.5. The molecular weight excluding hydrogens is 270 g/mol. The molecule has 1 heterocycles. The largest absolute Gasteiger partial charge is 0.496 e. The number of nitrogens with zero attached hydrogens (tertiary/aromatic N) is 1. The van der Waals surface area contributed by atoms with Crippen molar-refractivity contribution in [1.82, 2.24) is 4.90 Å². The van der Waals surface area contributed by atoms with Gasteiger partial charge in [0.05, 0.1) is 13.0 Å². The Hall–Kier alpha value is -2.04. The molecule has 0 aromatic heterocycles. The van der Waals surface area contributed by atoms with Crippen molar-refractivity contribution in [2.45, 2.75) is 26.4 Å². The number of benzene rings is 1. The number of ether oxygens (including phenoxy) is 2. The first-order valence-electron chi connectivity index (χ1n) is 7.16. The van der Waals surface area contributed by atoms with Crippen LogP contribution in [0.2, 0.25) is 0 Å². The van der Waals surface area contributed by atoms with E-state index in [0.717, 1.165) is 11.3 Å². The van der Waals surface area contributed by atoms with Crippen molar-refractivity contribution in [2.75, 3.05) is 20.2 Å². The average molecular weight is 291 g/mol. The highest BCUT2D eigenvalue weighted by molar-refractivity contribution is 5.75. The SMILES string of the molecule is COc1ccccc1COC(=O)C1CCN(C(C)=O)CC1. The summed E-state index contributed by atoms with van der Waals surface area (Å²) in [4.78, 5) is 25.1. The van der Waals surface area contributed by atoms with Crippen LogP contribution >= 0.6 is 0 Å². The van der Waals surface area contributed by atoms with Gasteiger partial charge in [0.2, 0.25) is 5.91 Å². The van der Waals surface area contributed by atoms with Crippen molar-refractivity contribution in [1.29, 1.82) is 0 Å². The lowest BCUT2D eigenvalue weighted by molar-refractivity contribution is -0.152. The van der Waals surface area contributed by atoms with Crippen LogP contribution in [-0.2, 0) is 20.9 Å². The van der Waals surface area contributed by atoms with E-state index in [0.29, 0.717) is 25.9 Å². The summed E-state index contributed by atoms with van der Waals surface area (Å²) in [5.74, 6) is 0.479. The Morgan fingerprint density at radius 3 is 2.52 bits per heavy atom. The van der Waals surface area contributed by atoms with Crippen LogP contribution in [0.4, 0.5) is 0 Å². The van der Waals surface area contributed by atoms with E-state index in [1.807, 2.05) is 24.3 Å². The number of carbonyl (C=O) groups is 2. The van der Waals surface area contributed by atoms with Gasteiger partial charge in [-0.2, -0.15) is 0 Å². The molecule has 1 aromatic carbocycles. The second-order valence-electron chi connectivity index (χ2n) is 5.20. The van der Waals surface area contributed by atoms with Crippen LogP contribution < -0.4 is 4.74 Å². The first-order chi connectivity index (χ1) is 10.1. The van der Waals surface area contributed by atoms with Crippen LogP contribution in [0.3, 0.4) is 0 Å². The quantitative estimate of drug-likeness (QED) is 0.796. The molecule has 0 N–H and O–H groups in total. The number of piperidine rings is 1. The molecule has 1 saturated heterocycles. The first-order valence-corrected chi connectivity index (χ1v) is 7.16. The van der Waals surface area contributed by atoms with E-state index in [2.05, 4.69) is 0 Å². The smallest absolute Gasteiger partial charge is 0.309 e. The molecule has 2 rings (SSSR count). The Morgan fingerprint density at radius 2 is 1.90 bits per heavy atom. The summed E-state index contributed by atoms with van der Waals surface area (Å²) in [7, 11) is 1.60. The molecule has 5 heteroatoms. The van der Waals surface area contributed by atoms with Gasteiger partial charge in [-0.3, -0.25) is 9.59 Å². The second-order valence-corrected chi connectivity index (χ2v) is 5.20. The monoisotopic (exact) mass is 291 g/mol. The lowest BCUT2D eigenvalue weighted by Crippen LogP contribution is -2.39. The lowest BCUT2D eigenvalue weighted by Gasteiger charge is -2.30. The van der Waals surface area contributed by atoms with Gasteiger partial charge in [-0.05, 0) is 18.9 Å². The fourth-order valence-electron chi connectivity index (χ4n) is 2.52. The summed E-state index contributed by atoms with van der Waals surface area (Å²) < 4.78 is 10.6. The summed E-state index contributed by atoms with van der Waals surface area (Å²) in [5, 5.41) is 0. The molecule has 0 bridgehead atoms. The lowest BCUT2D eigenvalue weighted by atomic mass is 9.97. The number of esters is 1. The second kappa shape index (κ2) is 7.11. The molecule has 1 fully saturated rings. The van der Waals surface area contributed by atoms with E-state index >= 15 is 0 Å². The molecule has 1 aliphatic heterocycles. The molecule has 1 aliphatic rings. The molecule has 0 radical (unpaired) electrons. The third kappa shape index (κ3) is 3.97. The van der Waals surface area contributed by atoms with Crippen molar-refractivity contribution in [2.24, 2.45) is 5.92 Å². The fourth-order valence-corrected chi connectivity index (χ4v) is 2.52. The van der Waals surface area contributed by atoms with Crippen LogP contribution in [-0.4, -0.2) is 37.0 Å². The summed E-state index contributed by atoms with van der Waals surface area (Å²) in [6.07, 6.45) is 1.34. The molecule has 0 saturated carbocycles. The molecule has 0 atom stereocenters. The fraction of sp³-hybridized carbons (Fsp3) is 0.500. The summed E-state index contributed by atoms with van der Waals surface area (Å²) in [6, 6.07) is 7.48. The minimum atomic E-state index is -0.191. The standard InChI is InChI=1S/C16H21NO4/c1-12(18)17-9-7-13(8-10-17)16(19)21-11-14-5-3-4-6-15(14)20-2/h3-6,13H,7-11H2,1-2H3. The van der Waals surface area contributed by atoms with Crippen molar-refractivity contribution in [3.8, 4) is 5.75 Å². The van der Waals surface area contributed by atoms with E-state index in [1.54, 1.807) is 18.9 Å². The number of amides is 1. The van der Waals surface area contributed by atoms with Gasteiger partial charge >= 0.3 is 5.97 Å². The predicted molar refractivity (Wildman–Crippen MR) is 77.8 cm³/mol. The molecule has 0 unspecified atom stereocenters. The van der Waals surface area contributed by atoms with E-state index in [4.69, 9.17) is 9.47 Å². The summed E-state index contributed by atoms with van der Waals surface area (Å²) in [5.41, 5.74) is 0.856. The number of hydrogen-bond donors (Lipinski definition) is 0. The summed E-state index contributed by atoms with van der Waals surface area (Å²) >= 11 is 0. The summed E-state index contributed by atoms with van der Waals surface area (Å²) in [6.45, 7) is 3.03. The van der Waals surface area contributed by atoms with Gasteiger partial charge in [0.1, 0.15) is 12.4 Å². The number of rotatable bonds is 4. The van der Waals surface area contributed by atoms with Crippen molar-refractivity contribution in [3.05, 3.63) is 29.8 Å². The Labute approximate surface area is 124 Å². The molecule has 0 spiro atoms. The Balaban J connectivity index is 1.84. The van der Waals surface area contributed by atoms with Crippen molar-refractivity contribution < 1.29 is 19.1 Å². The van der Waals surface area contributed by atoms with Crippen molar-refractivity contribution in [3.63, 3.8) is 0 Å². The van der Waals surface area contributed by atoms with Crippen molar-refractivity contribution >= 4 is 11.9 Å². The van der Waals surface area contributed by atoms with Gasteiger partial charge in [-0.15, -0.1) is 0 Å². The van der Waals surface area contributed by atoms with Crippen LogP contribution in [0.5, 0.6) is 5.75 Å². The van der Waals surface area contributed by atoms with Crippen LogP contribution in [0.15, 0.2) is 24.3 Å². The van der Waals surface area contributed by atoms with Gasteiger partial charge in [0.15, 0.2) is 0 Å². The average Bonchev–Trinajstić information content (AvgIpc) is 2.52. The van der Waals surface area contributed by atoms with Gasteiger partial charge in [0.25, 0.3) is 0 Å². The highest BCUT2D eigenvalue weighted by Crippen LogP contribution is 2.22. The van der Waals surface area contributed by atoms with Gasteiger partial charge < -0.3 is 14.4 Å². The van der Waals surface area contributed by atoms with E-state index in [9.17, 15) is 9.59 Å². The molecule has 0 aliphatic carbocycles. The molecule has 1 amide bonds. The Morgan fingerprint density at radius 1 is 1.24 bits per heavy atom. The van der Waals surface area contributed by atoms with Crippen LogP contribution in [0, 0.1) is 5.92 Å². The Bertz CT molecular complexity index is 507. The third-order valence-corrected chi connectivity index (χ3v) is 3.84. The maximum Gasteiger partial charge on any atom is 0.309 e. The Kier molecular flexibility index (Phi) is 5.20. The predicted octanol–water partition coefficient (Wildman–Crippen LogP) is 2.00.